The van der Waals surface area contributed by atoms with Crippen molar-refractivity contribution in [1.82, 2.24) is 9.99 Å². The second kappa shape index (κ2) is 8.32. The molecule has 0 aliphatic rings. The summed E-state index contributed by atoms with van der Waals surface area (Å²) in [6.45, 7) is 9.71. The quantitative estimate of drug-likeness (QED) is 0.380. The third-order valence-electron chi connectivity index (χ3n) is 5.05. The molecule has 0 aliphatic heterocycles. The van der Waals surface area contributed by atoms with Crippen molar-refractivity contribution in [3.05, 3.63) is 91.8 Å². The molecule has 1 amide bonds. The van der Waals surface area contributed by atoms with Crippen molar-refractivity contribution in [2.24, 2.45) is 5.10 Å². The topological polar surface area (TPSA) is 89.5 Å². The molecule has 7 nitrogen and oxygen atoms in total. The van der Waals surface area contributed by atoms with E-state index >= 15 is 0 Å². The van der Waals surface area contributed by atoms with Crippen LogP contribution in [0.5, 0.6) is 0 Å². The molecule has 3 rings (SSSR count). The Bertz CT molecular complexity index is 1160. The Balaban J connectivity index is 1.83. The minimum absolute atomic E-state index is 0.0939. The number of nitro groups is 1. The first kappa shape index (κ1) is 21.0. The molecule has 7 heteroatoms. The zero-order chi connectivity index (χ0) is 22.0. The van der Waals surface area contributed by atoms with Gasteiger partial charge in [0.05, 0.1) is 16.7 Å². The van der Waals surface area contributed by atoms with Crippen LogP contribution in [-0.2, 0) is 0 Å². The summed E-state index contributed by atoms with van der Waals surface area (Å²) in [6.07, 6.45) is 1.59. The van der Waals surface area contributed by atoms with Gasteiger partial charge in [-0.15, -0.1) is 0 Å². The highest BCUT2D eigenvalue weighted by Gasteiger charge is 2.17. The summed E-state index contributed by atoms with van der Waals surface area (Å²) in [5.41, 5.74) is 9.30. The second-order valence-corrected chi connectivity index (χ2v) is 7.41. The Hall–Kier alpha value is -3.74. The molecular formula is C23H24N4O3. The number of nitro benzene ring substituents is 1. The van der Waals surface area contributed by atoms with E-state index in [9.17, 15) is 14.9 Å². The number of aryl methyl sites for hydroxylation is 3. The molecule has 1 N–H and O–H groups in total. The first-order valence-corrected chi connectivity index (χ1v) is 9.54. The van der Waals surface area contributed by atoms with Gasteiger partial charge in [0.2, 0.25) is 0 Å². The number of carbonyl (C=O) groups excluding carboxylic acids is 1. The Morgan fingerprint density at radius 2 is 1.73 bits per heavy atom. The standard InChI is InChI=1S/C23H24N4O3/c1-14-9-15(2)11-20(10-14)26-16(3)12-19(18(26)5)13-24-25-23(28)21-7-6-8-22(17(21)4)27(29)30/h6-13H,1-5H3,(H,25,28)/b24-13-. The number of nitrogens with one attached hydrogen (secondary N) is 1. The number of nitrogens with zero attached hydrogens (tertiary/aromatic N) is 3. The third kappa shape index (κ3) is 4.15. The fraction of sp³-hybridized carbons (Fsp3) is 0.217. The molecule has 3 aromatic rings. The van der Waals surface area contributed by atoms with Gasteiger partial charge in [-0.1, -0.05) is 12.1 Å². The molecule has 154 valence electrons. The Labute approximate surface area is 175 Å². The van der Waals surface area contributed by atoms with Gasteiger partial charge in [0, 0.05) is 34.3 Å². The maximum atomic E-state index is 12.4. The molecule has 0 saturated heterocycles. The van der Waals surface area contributed by atoms with Crippen molar-refractivity contribution in [3.8, 4) is 5.69 Å². The number of aromatic nitrogens is 1. The molecule has 0 spiro atoms. The van der Waals surface area contributed by atoms with Crippen LogP contribution in [0.3, 0.4) is 0 Å². The highest BCUT2D eigenvalue weighted by atomic mass is 16.6. The van der Waals surface area contributed by atoms with Gasteiger partial charge in [-0.2, -0.15) is 5.10 Å². The first-order chi connectivity index (χ1) is 14.2. The van der Waals surface area contributed by atoms with Crippen LogP contribution in [-0.4, -0.2) is 21.6 Å². The Morgan fingerprint density at radius 1 is 1.07 bits per heavy atom. The maximum absolute atomic E-state index is 12.4. The molecule has 0 unspecified atom stereocenters. The van der Waals surface area contributed by atoms with Crippen LogP contribution in [0.4, 0.5) is 5.69 Å². The molecule has 0 aliphatic carbocycles. The average Bonchev–Trinajstić information content (AvgIpc) is 2.94. The molecule has 1 heterocycles. The van der Waals surface area contributed by atoms with Crippen LogP contribution in [0.2, 0.25) is 0 Å². The number of benzene rings is 2. The largest absolute Gasteiger partial charge is 0.318 e. The minimum Gasteiger partial charge on any atom is -0.318 e. The van der Waals surface area contributed by atoms with Crippen LogP contribution in [0, 0.1) is 44.7 Å². The van der Waals surface area contributed by atoms with Crippen LogP contribution < -0.4 is 5.43 Å². The van der Waals surface area contributed by atoms with E-state index in [0.717, 1.165) is 22.6 Å². The van der Waals surface area contributed by atoms with E-state index in [-0.39, 0.29) is 11.3 Å². The van der Waals surface area contributed by atoms with Crippen molar-refractivity contribution in [3.63, 3.8) is 0 Å². The number of carbonyl (C=O) groups is 1. The van der Waals surface area contributed by atoms with Crippen molar-refractivity contribution < 1.29 is 9.72 Å². The highest BCUT2D eigenvalue weighted by Crippen LogP contribution is 2.22. The van der Waals surface area contributed by atoms with E-state index in [1.54, 1.807) is 19.2 Å². The van der Waals surface area contributed by atoms with Crippen molar-refractivity contribution in [1.29, 1.82) is 0 Å². The third-order valence-corrected chi connectivity index (χ3v) is 5.05. The lowest BCUT2D eigenvalue weighted by Gasteiger charge is -2.11. The maximum Gasteiger partial charge on any atom is 0.273 e. The van der Waals surface area contributed by atoms with Crippen LogP contribution in [0.1, 0.15) is 44.0 Å². The van der Waals surface area contributed by atoms with Crippen LogP contribution in [0.25, 0.3) is 5.69 Å². The highest BCUT2D eigenvalue weighted by molar-refractivity contribution is 5.97. The fourth-order valence-electron chi connectivity index (χ4n) is 3.68. The Morgan fingerprint density at radius 3 is 2.37 bits per heavy atom. The number of hydrazone groups is 1. The number of hydrogen-bond donors (Lipinski definition) is 1. The molecular weight excluding hydrogens is 380 g/mol. The van der Waals surface area contributed by atoms with E-state index < -0.39 is 10.8 Å². The van der Waals surface area contributed by atoms with Gasteiger partial charge in [-0.05, 0) is 70.0 Å². The molecule has 0 bridgehead atoms. The molecule has 2 aromatic carbocycles. The van der Waals surface area contributed by atoms with Crippen molar-refractivity contribution in [2.75, 3.05) is 0 Å². The van der Waals surface area contributed by atoms with Gasteiger partial charge < -0.3 is 4.57 Å². The van der Waals surface area contributed by atoms with E-state index in [2.05, 4.69) is 47.1 Å². The predicted octanol–water partition coefficient (Wildman–Crippen LogP) is 4.69. The normalized spacial score (nSPS) is 11.1. The van der Waals surface area contributed by atoms with E-state index in [1.807, 2.05) is 19.9 Å². The van der Waals surface area contributed by atoms with Crippen LogP contribution >= 0.6 is 0 Å². The number of amides is 1. The van der Waals surface area contributed by atoms with Gasteiger partial charge in [-0.25, -0.2) is 5.43 Å². The zero-order valence-electron chi connectivity index (χ0n) is 17.7. The lowest BCUT2D eigenvalue weighted by Crippen LogP contribution is -2.19. The lowest BCUT2D eigenvalue weighted by molar-refractivity contribution is -0.385. The summed E-state index contributed by atoms with van der Waals surface area (Å²) in [7, 11) is 0. The summed E-state index contributed by atoms with van der Waals surface area (Å²) in [5, 5.41) is 15.1. The molecule has 30 heavy (non-hydrogen) atoms. The number of rotatable bonds is 5. The van der Waals surface area contributed by atoms with Gasteiger partial charge in [-0.3, -0.25) is 14.9 Å². The molecule has 0 fully saturated rings. The van der Waals surface area contributed by atoms with E-state index in [4.69, 9.17) is 0 Å². The van der Waals surface area contributed by atoms with E-state index in [0.29, 0.717) is 5.56 Å². The zero-order valence-corrected chi connectivity index (χ0v) is 17.7. The average molecular weight is 404 g/mol. The van der Waals surface area contributed by atoms with Gasteiger partial charge in [0.1, 0.15) is 0 Å². The smallest absolute Gasteiger partial charge is 0.273 e. The predicted molar refractivity (Wildman–Crippen MR) is 118 cm³/mol. The summed E-state index contributed by atoms with van der Waals surface area (Å²) in [4.78, 5) is 23.0. The molecule has 0 atom stereocenters. The summed E-state index contributed by atoms with van der Waals surface area (Å²) in [6, 6.07) is 12.8. The summed E-state index contributed by atoms with van der Waals surface area (Å²) >= 11 is 0. The van der Waals surface area contributed by atoms with Crippen LogP contribution in [0.15, 0.2) is 47.6 Å². The minimum atomic E-state index is -0.503. The lowest BCUT2D eigenvalue weighted by atomic mass is 10.1. The summed E-state index contributed by atoms with van der Waals surface area (Å²) in [5.74, 6) is -0.490. The first-order valence-electron chi connectivity index (χ1n) is 9.54. The second-order valence-electron chi connectivity index (χ2n) is 7.41. The van der Waals surface area contributed by atoms with Gasteiger partial charge >= 0.3 is 0 Å². The molecule has 0 saturated carbocycles. The van der Waals surface area contributed by atoms with Crippen molar-refractivity contribution in [2.45, 2.75) is 34.6 Å². The fourth-order valence-corrected chi connectivity index (χ4v) is 3.68. The molecule has 0 radical (unpaired) electrons. The number of hydrogen-bond acceptors (Lipinski definition) is 4. The summed E-state index contributed by atoms with van der Waals surface area (Å²) < 4.78 is 2.15. The van der Waals surface area contributed by atoms with Gasteiger partial charge in [0.25, 0.3) is 11.6 Å². The van der Waals surface area contributed by atoms with Crippen molar-refractivity contribution >= 4 is 17.8 Å². The van der Waals surface area contributed by atoms with E-state index in [1.165, 1.54) is 23.3 Å². The molecule has 1 aromatic heterocycles. The van der Waals surface area contributed by atoms with Gasteiger partial charge in [0.15, 0.2) is 0 Å². The monoisotopic (exact) mass is 404 g/mol. The SMILES string of the molecule is Cc1cc(C)cc(-n2c(C)cc(/C=N\NC(=O)c3cccc([N+](=O)[O-])c3C)c2C)c1. The Kier molecular flexibility index (Phi) is 5.82.